The van der Waals surface area contributed by atoms with E-state index in [4.69, 9.17) is 4.99 Å². The third-order valence-corrected chi connectivity index (χ3v) is 4.92. The second kappa shape index (κ2) is 9.23. The van der Waals surface area contributed by atoms with Gasteiger partial charge in [-0.3, -0.25) is 9.98 Å². The second-order valence-corrected chi connectivity index (χ2v) is 7.24. The molecule has 0 bridgehead atoms. The Morgan fingerprint density at radius 1 is 0.533 bits per heavy atom. The molecular formula is C26H24N4. The van der Waals surface area contributed by atoms with Crippen molar-refractivity contribution in [3.63, 3.8) is 0 Å². The number of allylic oxidation sites excluding steroid dienone is 6. The quantitative estimate of drug-likeness (QED) is 0.538. The van der Waals surface area contributed by atoms with E-state index in [9.17, 15) is 0 Å². The molecule has 0 unspecified atom stereocenters. The first kappa shape index (κ1) is 19.6. The Morgan fingerprint density at radius 3 is 1.43 bits per heavy atom. The van der Waals surface area contributed by atoms with E-state index in [-0.39, 0.29) is 0 Å². The lowest BCUT2D eigenvalue weighted by Gasteiger charge is -2.08. The molecule has 0 radical (unpaired) electrons. The van der Waals surface area contributed by atoms with Crippen molar-refractivity contribution in [1.29, 1.82) is 0 Å². The first-order valence-electron chi connectivity index (χ1n) is 10.1. The molecule has 30 heavy (non-hydrogen) atoms. The summed E-state index contributed by atoms with van der Waals surface area (Å²) in [5.41, 5.74) is 8.06. The molecule has 0 saturated heterocycles. The minimum absolute atomic E-state index is 0.901. The fourth-order valence-electron chi connectivity index (χ4n) is 3.18. The lowest BCUT2D eigenvalue weighted by molar-refractivity contribution is 1.12. The van der Waals surface area contributed by atoms with E-state index in [2.05, 4.69) is 34.0 Å². The molecule has 0 atom stereocenters. The van der Waals surface area contributed by atoms with Crippen LogP contribution in [0.4, 0.5) is 17.1 Å². The number of benzene rings is 2. The molecule has 2 aliphatic carbocycles. The molecule has 0 aliphatic heterocycles. The lowest BCUT2D eigenvalue weighted by atomic mass is 10.0. The number of aliphatic imine (C=N–C) groups is 4. The number of hydrogen-bond acceptors (Lipinski definition) is 4. The van der Waals surface area contributed by atoms with Crippen molar-refractivity contribution in [2.75, 3.05) is 7.05 Å². The number of aryl methyl sites for hydroxylation is 1. The van der Waals surface area contributed by atoms with Crippen LogP contribution in [0.1, 0.15) is 18.4 Å². The summed E-state index contributed by atoms with van der Waals surface area (Å²) in [5, 5.41) is 0. The summed E-state index contributed by atoms with van der Waals surface area (Å²) in [5.74, 6) is 0. The maximum Gasteiger partial charge on any atom is 0.0638 e. The highest BCUT2D eigenvalue weighted by atomic mass is 14.8. The molecule has 0 fully saturated rings. The van der Waals surface area contributed by atoms with Crippen LogP contribution in [-0.2, 0) is 0 Å². The predicted octanol–water partition coefficient (Wildman–Crippen LogP) is 6.46. The molecule has 4 rings (SSSR count). The average molecular weight is 393 g/mol. The first-order valence-corrected chi connectivity index (χ1v) is 10.1. The van der Waals surface area contributed by atoms with Crippen LogP contribution in [0.5, 0.6) is 0 Å². The largest absolute Gasteiger partial charge is 0.293 e. The summed E-state index contributed by atoms with van der Waals surface area (Å²) in [4.78, 5) is 18.3. The van der Waals surface area contributed by atoms with Crippen molar-refractivity contribution in [3.05, 3.63) is 90.6 Å². The molecule has 148 valence electrons. The molecular weight excluding hydrogens is 368 g/mol. The monoisotopic (exact) mass is 392 g/mol. The molecule has 4 heteroatoms. The number of rotatable bonds is 3. The predicted molar refractivity (Wildman–Crippen MR) is 129 cm³/mol. The summed E-state index contributed by atoms with van der Waals surface area (Å²) in [7, 11) is 1.83. The molecule has 0 heterocycles. The standard InChI is InChI=1S/C26H24N4/c1-19-3-5-21(6-4-19)28-23-11-13-25(14-12-23)30-26-17-15-24(16-18-26)29-22-9-7-20(27-2)8-10-22/h3-7,9,11-18H,8,10H2,1-2H3. The maximum absolute atomic E-state index is 4.71. The summed E-state index contributed by atoms with van der Waals surface area (Å²) in [6.45, 7) is 2.07. The van der Waals surface area contributed by atoms with Gasteiger partial charge in [0, 0.05) is 18.5 Å². The summed E-state index contributed by atoms with van der Waals surface area (Å²) in [6, 6.07) is 16.2. The Kier molecular flexibility index (Phi) is 6.04. The van der Waals surface area contributed by atoms with Crippen LogP contribution >= 0.6 is 0 Å². The molecule has 0 amide bonds. The highest BCUT2D eigenvalue weighted by Gasteiger charge is 2.06. The van der Waals surface area contributed by atoms with E-state index in [0.717, 1.165) is 52.8 Å². The van der Waals surface area contributed by atoms with E-state index in [0.29, 0.717) is 0 Å². The molecule has 2 aromatic rings. The van der Waals surface area contributed by atoms with Crippen molar-refractivity contribution in [1.82, 2.24) is 0 Å². The fourth-order valence-corrected chi connectivity index (χ4v) is 3.18. The fraction of sp³-hybridized carbons (Fsp3) is 0.154. The molecule has 0 N–H and O–H groups in total. The van der Waals surface area contributed by atoms with E-state index >= 15 is 0 Å². The van der Waals surface area contributed by atoms with Gasteiger partial charge in [-0.05, 0) is 92.6 Å². The van der Waals surface area contributed by atoms with Crippen LogP contribution in [-0.4, -0.2) is 29.9 Å². The molecule has 0 spiro atoms. The zero-order valence-electron chi connectivity index (χ0n) is 17.3. The van der Waals surface area contributed by atoms with Crippen molar-refractivity contribution in [3.8, 4) is 0 Å². The van der Waals surface area contributed by atoms with E-state index in [1.54, 1.807) is 0 Å². The second-order valence-electron chi connectivity index (χ2n) is 7.24. The molecule has 0 saturated carbocycles. The SMILES string of the molecule is CN=C1C=CC(=Nc2ccc(N=C3C=CC(=Nc4ccc(C)cc4)C=C3)cc2)CC1. The van der Waals surface area contributed by atoms with Gasteiger partial charge in [0.15, 0.2) is 0 Å². The summed E-state index contributed by atoms with van der Waals surface area (Å²) < 4.78 is 0. The van der Waals surface area contributed by atoms with Gasteiger partial charge in [-0.1, -0.05) is 17.7 Å². The van der Waals surface area contributed by atoms with Crippen LogP contribution < -0.4 is 0 Å². The van der Waals surface area contributed by atoms with Crippen LogP contribution in [0.15, 0.2) is 105 Å². The highest BCUT2D eigenvalue weighted by molar-refractivity contribution is 6.19. The Labute approximate surface area is 177 Å². The van der Waals surface area contributed by atoms with Crippen LogP contribution in [0.3, 0.4) is 0 Å². The van der Waals surface area contributed by atoms with Gasteiger partial charge in [0.05, 0.1) is 28.5 Å². The normalized spacial score (nSPS) is 18.3. The van der Waals surface area contributed by atoms with Crippen LogP contribution in [0.25, 0.3) is 0 Å². The van der Waals surface area contributed by atoms with Gasteiger partial charge >= 0.3 is 0 Å². The Hall–Kier alpha value is -3.66. The van der Waals surface area contributed by atoms with E-state index < -0.39 is 0 Å². The van der Waals surface area contributed by atoms with Gasteiger partial charge in [0.25, 0.3) is 0 Å². The Balaban J connectivity index is 1.42. The van der Waals surface area contributed by atoms with Crippen LogP contribution in [0.2, 0.25) is 0 Å². The molecule has 2 aromatic carbocycles. The third-order valence-electron chi connectivity index (χ3n) is 4.92. The van der Waals surface area contributed by atoms with Crippen molar-refractivity contribution >= 4 is 39.9 Å². The van der Waals surface area contributed by atoms with Gasteiger partial charge in [-0.15, -0.1) is 0 Å². The van der Waals surface area contributed by atoms with Crippen molar-refractivity contribution < 1.29 is 0 Å². The topological polar surface area (TPSA) is 49.4 Å². The van der Waals surface area contributed by atoms with Crippen LogP contribution in [0, 0.1) is 6.92 Å². The minimum Gasteiger partial charge on any atom is -0.293 e. The van der Waals surface area contributed by atoms with Gasteiger partial charge in [-0.2, -0.15) is 0 Å². The van der Waals surface area contributed by atoms with Crippen molar-refractivity contribution in [2.45, 2.75) is 19.8 Å². The smallest absolute Gasteiger partial charge is 0.0638 e. The van der Waals surface area contributed by atoms with Crippen molar-refractivity contribution in [2.24, 2.45) is 20.0 Å². The van der Waals surface area contributed by atoms with E-state index in [1.807, 2.05) is 79.9 Å². The zero-order valence-corrected chi connectivity index (χ0v) is 17.3. The van der Waals surface area contributed by atoms with Gasteiger partial charge in [0.1, 0.15) is 0 Å². The van der Waals surface area contributed by atoms with E-state index in [1.165, 1.54) is 5.56 Å². The van der Waals surface area contributed by atoms with Gasteiger partial charge in [-0.25, -0.2) is 9.98 Å². The lowest BCUT2D eigenvalue weighted by Crippen LogP contribution is -2.06. The minimum atomic E-state index is 0.901. The summed E-state index contributed by atoms with van der Waals surface area (Å²) >= 11 is 0. The number of hydrogen-bond donors (Lipinski definition) is 0. The van der Waals surface area contributed by atoms with Gasteiger partial charge < -0.3 is 0 Å². The third kappa shape index (κ3) is 5.23. The Bertz CT molecular complexity index is 1100. The number of nitrogens with zero attached hydrogens (tertiary/aromatic N) is 4. The first-order chi connectivity index (χ1) is 14.7. The van der Waals surface area contributed by atoms with Gasteiger partial charge in [0.2, 0.25) is 0 Å². The maximum atomic E-state index is 4.71. The molecule has 2 aliphatic rings. The molecule has 4 nitrogen and oxygen atoms in total. The Morgan fingerprint density at radius 2 is 0.967 bits per heavy atom. The average Bonchev–Trinajstić information content (AvgIpc) is 2.78. The highest BCUT2D eigenvalue weighted by Crippen LogP contribution is 2.21. The zero-order chi connectivity index (χ0) is 20.8. The molecule has 0 aromatic heterocycles. The summed E-state index contributed by atoms with van der Waals surface area (Å²) in [6.07, 6.45) is 13.9.